The van der Waals surface area contributed by atoms with Crippen molar-refractivity contribution in [2.24, 2.45) is 0 Å². The summed E-state index contributed by atoms with van der Waals surface area (Å²) in [5.41, 5.74) is 3.67. The molecule has 6 rings (SSSR count). The first-order valence-electron chi connectivity index (χ1n) is 11.8. The van der Waals surface area contributed by atoms with Crippen molar-refractivity contribution in [3.8, 4) is 0 Å². The molecule has 1 N–H and O–H groups in total. The average molecular weight is 494 g/mol. The van der Waals surface area contributed by atoms with Crippen molar-refractivity contribution in [3.05, 3.63) is 59.2 Å². The maximum absolute atomic E-state index is 12.4. The molecule has 2 unspecified atom stereocenters. The molecule has 0 saturated carbocycles. The summed E-state index contributed by atoms with van der Waals surface area (Å²) in [7, 11) is 0. The first-order valence-corrected chi connectivity index (χ1v) is 13.1. The van der Waals surface area contributed by atoms with Gasteiger partial charge in [-0.2, -0.15) is 17.0 Å². The highest BCUT2D eigenvalue weighted by molar-refractivity contribution is 7.80. The van der Waals surface area contributed by atoms with Gasteiger partial charge in [-0.05, 0) is 46.8 Å². The van der Waals surface area contributed by atoms with Crippen LogP contribution in [0.4, 0.5) is 5.82 Å². The Morgan fingerprint density at radius 2 is 1.91 bits per heavy atom. The molecule has 2 aromatic carbocycles. The highest BCUT2D eigenvalue weighted by Gasteiger charge is 2.39. The van der Waals surface area contributed by atoms with Crippen LogP contribution in [0.3, 0.4) is 0 Å². The second-order valence-corrected chi connectivity index (χ2v) is 10.6. The van der Waals surface area contributed by atoms with Crippen LogP contribution >= 0.6 is 24.2 Å². The normalized spacial score (nSPS) is 24.0. The number of anilines is 1. The predicted octanol–water partition coefficient (Wildman–Crippen LogP) is 3.17. The van der Waals surface area contributed by atoms with Crippen molar-refractivity contribution in [3.63, 3.8) is 0 Å². The van der Waals surface area contributed by atoms with Gasteiger partial charge in [-0.3, -0.25) is 24.7 Å². The van der Waals surface area contributed by atoms with Crippen LogP contribution in [0.2, 0.25) is 0 Å². The number of carbonyl (C=O) groups is 2. The van der Waals surface area contributed by atoms with Gasteiger partial charge in [-0.25, -0.2) is 0 Å². The maximum Gasteiger partial charge on any atom is 0.243 e. The van der Waals surface area contributed by atoms with Crippen LogP contribution in [-0.4, -0.2) is 58.2 Å². The summed E-state index contributed by atoms with van der Waals surface area (Å²) in [6.07, 6.45) is 0.943. The molecule has 3 aliphatic heterocycles. The number of imide groups is 1. The molecule has 34 heavy (non-hydrogen) atoms. The van der Waals surface area contributed by atoms with Crippen molar-refractivity contribution in [1.29, 1.82) is 0 Å². The Kier molecular flexibility index (Phi) is 5.81. The van der Waals surface area contributed by atoms with Gasteiger partial charge in [0.1, 0.15) is 5.82 Å². The predicted molar refractivity (Wildman–Crippen MR) is 137 cm³/mol. The van der Waals surface area contributed by atoms with Gasteiger partial charge in [-0.15, -0.1) is 0 Å². The SMILES string of the molecule is O=C1CCC(N2Cc3ccc(CN4CCN(c5nsc6ccccc56)CC4)cc3C2S)C(=O)N1. The van der Waals surface area contributed by atoms with Gasteiger partial charge in [-0.1, -0.05) is 30.3 Å². The third-order valence-corrected chi connectivity index (χ3v) is 8.59. The molecule has 0 radical (unpaired) electrons. The fraction of sp³-hybridized carbons (Fsp3) is 0.400. The fourth-order valence-corrected chi connectivity index (χ4v) is 6.62. The number of piperazine rings is 1. The average Bonchev–Trinajstić information content (AvgIpc) is 3.41. The molecule has 2 fully saturated rings. The van der Waals surface area contributed by atoms with Crippen molar-refractivity contribution in [2.45, 2.75) is 37.3 Å². The standard InChI is InChI=1S/C25H27N5O2S2/c31-22-8-7-20(24(32)26-22)30-15-17-6-5-16(13-19(17)25(30)33)14-28-9-11-29(12-10-28)23-18-3-1-2-4-21(18)34-27-23/h1-6,13,20,25,33H,7-12,14-15H2,(H,26,31,32). The zero-order chi connectivity index (χ0) is 23.2. The molecule has 4 heterocycles. The van der Waals surface area contributed by atoms with Gasteiger partial charge in [0.2, 0.25) is 11.8 Å². The number of thiol groups is 1. The molecule has 0 bridgehead atoms. The Bertz CT molecular complexity index is 1250. The third-order valence-electron chi connectivity index (χ3n) is 7.20. The maximum atomic E-state index is 12.4. The zero-order valence-electron chi connectivity index (χ0n) is 18.8. The van der Waals surface area contributed by atoms with Gasteiger partial charge in [0.25, 0.3) is 0 Å². The summed E-state index contributed by atoms with van der Waals surface area (Å²) in [5, 5.41) is 3.59. The molecule has 9 heteroatoms. The van der Waals surface area contributed by atoms with Crippen LogP contribution in [0.1, 0.15) is 34.9 Å². The van der Waals surface area contributed by atoms with E-state index in [2.05, 4.69) is 62.5 Å². The molecule has 3 aliphatic rings. The Balaban J connectivity index is 1.10. The van der Waals surface area contributed by atoms with Crippen LogP contribution in [0.25, 0.3) is 10.1 Å². The van der Waals surface area contributed by atoms with Crippen LogP contribution in [-0.2, 0) is 22.7 Å². The number of nitrogens with one attached hydrogen (secondary N) is 1. The summed E-state index contributed by atoms with van der Waals surface area (Å²) < 4.78 is 5.96. The molecule has 176 valence electrons. The van der Waals surface area contributed by atoms with Gasteiger partial charge in [0.15, 0.2) is 0 Å². The van der Waals surface area contributed by atoms with Crippen LogP contribution in [0.5, 0.6) is 0 Å². The van der Waals surface area contributed by atoms with Crippen molar-refractivity contribution in [2.75, 3.05) is 31.1 Å². The van der Waals surface area contributed by atoms with Gasteiger partial charge >= 0.3 is 0 Å². The summed E-state index contributed by atoms with van der Waals surface area (Å²) in [5.74, 6) is 0.734. The molecular formula is C25H27N5O2S2. The molecular weight excluding hydrogens is 466 g/mol. The minimum atomic E-state index is -0.300. The van der Waals surface area contributed by atoms with E-state index in [1.165, 1.54) is 26.8 Å². The molecule has 2 amide bonds. The number of benzene rings is 2. The fourth-order valence-electron chi connectivity index (χ4n) is 5.34. The minimum absolute atomic E-state index is 0.131. The number of amides is 2. The lowest BCUT2D eigenvalue weighted by Crippen LogP contribution is -2.51. The molecule has 0 spiro atoms. The van der Waals surface area contributed by atoms with E-state index >= 15 is 0 Å². The molecule has 1 aromatic heterocycles. The Hall–Kier alpha value is -2.46. The first kappa shape index (κ1) is 22.0. The lowest BCUT2D eigenvalue weighted by atomic mass is 10.0. The number of nitrogens with zero attached hydrogens (tertiary/aromatic N) is 4. The van der Waals surface area contributed by atoms with Crippen LogP contribution in [0.15, 0.2) is 42.5 Å². The molecule has 0 aliphatic carbocycles. The highest BCUT2D eigenvalue weighted by atomic mass is 32.1. The summed E-state index contributed by atoms with van der Waals surface area (Å²) >= 11 is 6.44. The highest BCUT2D eigenvalue weighted by Crippen LogP contribution is 2.40. The number of hydrogen-bond donors (Lipinski definition) is 2. The Morgan fingerprint density at radius 1 is 1.09 bits per heavy atom. The number of fused-ring (bicyclic) bond motifs is 2. The number of hydrogen-bond acceptors (Lipinski definition) is 8. The molecule has 2 atom stereocenters. The smallest absolute Gasteiger partial charge is 0.243 e. The van der Waals surface area contributed by atoms with Gasteiger partial charge in [0, 0.05) is 51.1 Å². The van der Waals surface area contributed by atoms with Crippen LogP contribution in [0, 0.1) is 0 Å². The number of piperidine rings is 1. The Labute approximate surface area is 208 Å². The van der Waals surface area contributed by atoms with E-state index in [0.29, 0.717) is 19.4 Å². The van der Waals surface area contributed by atoms with Crippen molar-refractivity contribution >= 4 is 51.9 Å². The number of aromatic nitrogens is 1. The summed E-state index contributed by atoms with van der Waals surface area (Å²) in [4.78, 5) is 30.9. The van der Waals surface area contributed by atoms with Crippen molar-refractivity contribution in [1.82, 2.24) is 19.5 Å². The Morgan fingerprint density at radius 3 is 2.74 bits per heavy atom. The molecule has 2 saturated heterocycles. The topological polar surface area (TPSA) is 68.8 Å². The summed E-state index contributed by atoms with van der Waals surface area (Å²) in [6, 6.07) is 14.8. The molecule has 7 nitrogen and oxygen atoms in total. The van der Waals surface area contributed by atoms with E-state index in [0.717, 1.165) is 38.5 Å². The van der Waals surface area contributed by atoms with E-state index in [4.69, 9.17) is 17.0 Å². The zero-order valence-corrected chi connectivity index (χ0v) is 20.5. The summed E-state index contributed by atoms with van der Waals surface area (Å²) in [6.45, 7) is 5.52. The third kappa shape index (κ3) is 4.00. The van der Waals surface area contributed by atoms with E-state index < -0.39 is 0 Å². The van der Waals surface area contributed by atoms with Crippen molar-refractivity contribution < 1.29 is 9.59 Å². The van der Waals surface area contributed by atoms with E-state index in [1.54, 1.807) is 11.5 Å². The quantitative estimate of drug-likeness (QED) is 0.430. The largest absolute Gasteiger partial charge is 0.353 e. The second-order valence-electron chi connectivity index (χ2n) is 9.31. The van der Waals surface area contributed by atoms with E-state index in [9.17, 15) is 9.59 Å². The van der Waals surface area contributed by atoms with Gasteiger partial charge < -0.3 is 4.90 Å². The first-order chi connectivity index (χ1) is 16.6. The van der Waals surface area contributed by atoms with Gasteiger partial charge in [0.05, 0.1) is 16.1 Å². The minimum Gasteiger partial charge on any atom is -0.353 e. The monoisotopic (exact) mass is 493 g/mol. The number of rotatable bonds is 4. The second kappa shape index (κ2) is 8.96. The number of carbonyl (C=O) groups excluding carboxylic acids is 2. The molecule has 3 aromatic rings. The van der Waals surface area contributed by atoms with E-state index in [-0.39, 0.29) is 23.2 Å². The lowest BCUT2D eigenvalue weighted by molar-refractivity contribution is -0.137. The van der Waals surface area contributed by atoms with Crippen LogP contribution < -0.4 is 10.2 Å². The lowest BCUT2D eigenvalue weighted by Gasteiger charge is -2.35. The van der Waals surface area contributed by atoms with E-state index in [1.807, 2.05) is 0 Å².